The van der Waals surface area contributed by atoms with Gasteiger partial charge in [-0.3, -0.25) is 34.4 Å². The molecule has 4 fully saturated rings. The van der Waals surface area contributed by atoms with Gasteiger partial charge in [0.05, 0.1) is 66.7 Å². The van der Waals surface area contributed by atoms with Crippen LogP contribution in [0.2, 0.25) is 0 Å². The first-order valence-corrected chi connectivity index (χ1v) is 30.8. The Bertz CT molecular complexity index is 4040. The fourth-order valence-corrected chi connectivity index (χ4v) is 12.4. The highest BCUT2D eigenvalue weighted by Gasteiger charge is 2.44. The van der Waals surface area contributed by atoms with Crippen LogP contribution >= 0.6 is 0 Å². The van der Waals surface area contributed by atoms with Crippen LogP contribution < -0.4 is 23.7 Å². The number of benzene rings is 6. The smallest absolute Gasteiger partial charge is 0.410 e. The zero-order valence-corrected chi connectivity index (χ0v) is 50.4. The summed E-state index contributed by atoms with van der Waals surface area (Å²) in [5.41, 5.74) is 2.19. The number of halogens is 2. The van der Waals surface area contributed by atoms with Crippen molar-refractivity contribution in [2.45, 2.75) is 38.9 Å². The van der Waals surface area contributed by atoms with Crippen LogP contribution in [0.25, 0.3) is 21.8 Å². The van der Waals surface area contributed by atoms with Crippen molar-refractivity contribution in [1.82, 2.24) is 19.8 Å². The van der Waals surface area contributed by atoms with E-state index in [0.29, 0.717) is 101 Å². The monoisotopic (exact) mass is 1270 g/mol. The largest absolute Gasteiger partial charge is 0.504 e. The van der Waals surface area contributed by atoms with Crippen molar-refractivity contribution in [1.29, 1.82) is 0 Å². The van der Waals surface area contributed by atoms with E-state index in [9.17, 15) is 52.1 Å². The molecule has 2 aliphatic carbocycles. The van der Waals surface area contributed by atoms with Crippen LogP contribution in [0.15, 0.2) is 146 Å². The lowest BCUT2D eigenvalue weighted by Crippen LogP contribution is -2.30. The van der Waals surface area contributed by atoms with Gasteiger partial charge in [0, 0.05) is 73.6 Å². The van der Waals surface area contributed by atoms with E-state index < -0.39 is 31.6 Å². The number of pyridine rings is 2. The molecule has 8 aromatic rings. The van der Waals surface area contributed by atoms with Crippen LogP contribution in [0, 0.1) is 67.4 Å². The molecule has 26 heteroatoms. The lowest BCUT2D eigenvalue weighted by atomic mass is 10.0. The first-order valence-electron chi connectivity index (χ1n) is 29.0. The molecule has 4 heterocycles. The maximum absolute atomic E-state index is 14.5. The van der Waals surface area contributed by atoms with Crippen molar-refractivity contribution in [3.8, 4) is 46.0 Å². The number of nitrogens with zero attached hydrogens (tertiary/aromatic N) is 6. The Morgan fingerprint density at radius 2 is 0.989 bits per heavy atom. The number of likely N-dealkylation sites (tertiary alicyclic amines) is 2. The fourth-order valence-electron chi connectivity index (χ4n) is 12.0. The number of aromatic nitrogens is 2. The molecule has 2 saturated carbocycles. The number of phenolic OH excluding ortho intramolecular Hbond substituents is 1. The summed E-state index contributed by atoms with van der Waals surface area (Å²) in [5, 5.41) is 32.4. The average molecular weight is 1270 g/mol. The summed E-state index contributed by atoms with van der Waals surface area (Å²) in [6.45, 7) is 4.07. The Hall–Kier alpha value is -9.95. The van der Waals surface area contributed by atoms with Gasteiger partial charge in [-0.1, -0.05) is 60.7 Å². The van der Waals surface area contributed by atoms with Crippen molar-refractivity contribution in [2.75, 3.05) is 59.9 Å². The molecule has 2 amide bonds. The van der Waals surface area contributed by atoms with E-state index in [0.717, 1.165) is 61.3 Å². The quantitative estimate of drug-likeness (QED) is 0.0474. The third-order valence-corrected chi connectivity index (χ3v) is 16.9. The van der Waals surface area contributed by atoms with Crippen molar-refractivity contribution in [3.63, 3.8) is 0 Å². The van der Waals surface area contributed by atoms with Gasteiger partial charge in [-0.25, -0.2) is 18.4 Å². The lowest BCUT2D eigenvalue weighted by Gasteiger charge is -2.20. The van der Waals surface area contributed by atoms with Crippen LogP contribution in [0.4, 0.5) is 29.7 Å². The molecule has 0 bridgehead atoms. The highest BCUT2D eigenvalue weighted by Crippen LogP contribution is 2.45. The summed E-state index contributed by atoms with van der Waals surface area (Å²) in [4.78, 5) is 57.1. The minimum absolute atomic E-state index is 0.0869. The molecule has 6 aromatic carbocycles. The number of nitro groups is 2. The van der Waals surface area contributed by atoms with E-state index in [1.807, 2.05) is 65.6 Å². The number of amides is 2. The first-order chi connectivity index (χ1) is 43.8. The van der Waals surface area contributed by atoms with E-state index in [2.05, 4.69) is 9.97 Å². The number of hydrogen-bond donors (Lipinski definition) is 1. The molecule has 12 rings (SSSR count). The number of fused-ring (bicyclic) bond motifs is 4. The van der Waals surface area contributed by atoms with Gasteiger partial charge in [-0.15, -0.1) is 0 Å². The second-order valence-electron chi connectivity index (χ2n) is 22.5. The summed E-state index contributed by atoms with van der Waals surface area (Å²) < 4.78 is 94.6. The second kappa shape index (κ2) is 28.7. The zero-order chi connectivity index (χ0) is 64.3. The van der Waals surface area contributed by atoms with Crippen molar-refractivity contribution in [3.05, 3.63) is 189 Å². The van der Waals surface area contributed by atoms with Crippen LogP contribution in [0.5, 0.6) is 46.0 Å². The van der Waals surface area contributed by atoms with Crippen LogP contribution in [-0.2, 0) is 37.0 Å². The predicted molar refractivity (Wildman–Crippen MR) is 327 cm³/mol. The number of ether oxygens (including phenoxy) is 7. The number of carbonyl (C=O) groups excluding carboxylic acids is 2. The van der Waals surface area contributed by atoms with E-state index >= 15 is 0 Å². The van der Waals surface area contributed by atoms with Gasteiger partial charge >= 0.3 is 12.2 Å². The van der Waals surface area contributed by atoms with Crippen LogP contribution in [0.1, 0.15) is 36.8 Å². The highest BCUT2D eigenvalue weighted by atomic mass is 32.2. The fraction of sp³-hybridized carbons (Fsp3) is 0.323. The predicted octanol–water partition coefficient (Wildman–Crippen LogP) is 12.8. The van der Waals surface area contributed by atoms with Crippen LogP contribution in [0.3, 0.4) is 0 Å². The number of methoxy groups -OCH3 is 2. The third kappa shape index (κ3) is 16.3. The van der Waals surface area contributed by atoms with Gasteiger partial charge in [-0.2, -0.15) is 8.42 Å². The van der Waals surface area contributed by atoms with E-state index in [-0.39, 0.29) is 78.0 Å². The number of nitro benzene ring substituents is 2. The Balaban J connectivity index is 0.000000161. The SMILES string of the molecule is COc1cc2c(Oc3ccc([N+](=O)[O-])cc3F)ccnc2cc1O.COc1cc2c(Oc3ccc([N+](=O)[O-])cc3F)ccnc2cc1OCC1CC2CN(C(=O)OCc3ccccc3)CC2C1.CS(=O)(=O)OCC1CC2CN(C(=O)OCc3ccccc3)CC2C1. The minimum Gasteiger partial charge on any atom is -0.504 e. The van der Waals surface area contributed by atoms with Gasteiger partial charge in [-0.05, 0) is 109 Å². The molecule has 0 radical (unpaired) electrons. The zero-order valence-electron chi connectivity index (χ0n) is 49.6. The number of phenols is 1. The van der Waals surface area contributed by atoms with Crippen LogP contribution in [-0.4, -0.2) is 115 Å². The van der Waals surface area contributed by atoms with E-state index in [1.54, 1.807) is 23.1 Å². The molecule has 0 spiro atoms. The molecule has 4 unspecified atom stereocenters. The molecule has 4 atom stereocenters. The normalized spacial score (nSPS) is 18.8. The molecule has 2 saturated heterocycles. The summed E-state index contributed by atoms with van der Waals surface area (Å²) in [6, 6.07) is 35.1. The molecule has 2 aromatic heterocycles. The highest BCUT2D eigenvalue weighted by molar-refractivity contribution is 7.86. The molecule has 23 nitrogen and oxygen atoms in total. The first kappa shape index (κ1) is 64.0. The number of carbonyl (C=O) groups is 2. The lowest BCUT2D eigenvalue weighted by molar-refractivity contribution is -0.385. The molecule has 91 heavy (non-hydrogen) atoms. The number of aromatic hydroxyl groups is 1. The summed E-state index contributed by atoms with van der Waals surface area (Å²) in [5.74, 6) is 1.96. The third-order valence-electron chi connectivity index (χ3n) is 16.3. The Morgan fingerprint density at radius 3 is 1.41 bits per heavy atom. The minimum atomic E-state index is -3.38. The van der Waals surface area contributed by atoms with Gasteiger partial charge in [0.25, 0.3) is 21.5 Å². The van der Waals surface area contributed by atoms with Gasteiger partial charge in [0.15, 0.2) is 46.1 Å². The van der Waals surface area contributed by atoms with Gasteiger partial charge < -0.3 is 48.1 Å². The van der Waals surface area contributed by atoms with Crippen molar-refractivity contribution < 1.29 is 79.1 Å². The van der Waals surface area contributed by atoms with Gasteiger partial charge in [0.1, 0.15) is 24.7 Å². The summed E-state index contributed by atoms with van der Waals surface area (Å²) >= 11 is 0. The topological polar surface area (TPSA) is 281 Å². The number of rotatable bonds is 18. The Labute approximate surface area is 521 Å². The average Bonchev–Trinajstić information content (AvgIpc) is 1.54. The summed E-state index contributed by atoms with van der Waals surface area (Å²) in [6.07, 6.45) is 7.24. The number of non-ortho nitro benzene ring substituents is 2. The van der Waals surface area contributed by atoms with E-state index in [1.165, 1.54) is 63.0 Å². The number of hydrogen-bond acceptors (Lipinski definition) is 19. The van der Waals surface area contributed by atoms with Crippen molar-refractivity contribution in [2.24, 2.45) is 35.5 Å². The molecule has 4 aliphatic rings. The van der Waals surface area contributed by atoms with E-state index in [4.69, 9.17) is 37.3 Å². The Kier molecular flexibility index (Phi) is 20.2. The van der Waals surface area contributed by atoms with Gasteiger partial charge in [0.2, 0.25) is 0 Å². The molecule has 1 N–H and O–H groups in total. The molecular weight excluding hydrogens is 1210 g/mol. The second-order valence-corrected chi connectivity index (χ2v) is 24.2. The summed E-state index contributed by atoms with van der Waals surface area (Å²) in [7, 11) is -0.447. The molecule has 476 valence electrons. The maximum Gasteiger partial charge on any atom is 0.410 e. The standard InChI is InChI=1S/C32H30FN3O7.C17H23NO5S.C16H11FN2O5/c1-40-30-14-25-27(34-10-9-28(25)43-29-8-7-24(36(38)39)13-26(29)33)15-31(30)41-19-21-11-22-16-35(17-23(22)12-21)32(37)42-18-20-5-3-2-4-6-20;1-24(20,21)23-12-14-7-15-9-18(10-16(15)8-14)17(19)22-11-13-5-3-2-4-6-13;1-23-16-7-10-12(8-13(16)20)18-5-4-14(10)24-15-3-2-9(19(21)22)6-11(15)17/h2-10,13-15,21-23H,11-12,16-19H2,1H3;2-6,14-16H,7-12H2,1H3;2-8,20H,1H3. The van der Waals surface area contributed by atoms with Crippen molar-refractivity contribution >= 4 is 55.5 Å². The Morgan fingerprint density at radius 1 is 0.560 bits per heavy atom. The maximum atomic E-state index is 14.5. The molecular formula is C65H64F2N6O17S. The molecule has 2 aliphatic heterocycles.